The van der Waals surface area contributed by atoms with E-state index in [1.54, 1.807) is 23.9 Å². The highest BCUT2D eigenvalue weighted by atomic mass is 35.7. The largest absolute Gasteiger partial charge is 0.261 e. The summed E-state index contributed by atoms with van der Waals surface area (Å²) in [4.78, 5) is 4.63. The van der Waals surface area contributed by atoms with Gasteiger partial charge in [0.25, 0.3) is 9.05 Å². The standard InChI is InChI=1S/C13H16ClNO2S3/c1-2-3-4-5-8-18-13-15-11-7-6-10(20(14,16)17)9-12(11)19-13/h6-7,9H,2-5,8H2,1H3. The molecule has 0 atom stereocenters. The van der Waals surface area contributed by atoms with Crippen molar-refractivity contribution >= 4 is 53.0 Å². The average molecular weight is 350 g/mol. The second-order valence-corrected chi connectivity index (χ2v) is 9.39. The Kier molecular flexibility index (Phi) is 5.72. The smallest absolute Gasteiger partial charge is 0.230 e. The van der Waals surface area contributed by atoms with Gasteiger partial charge < -0.3 is 0 Å². The molecule has 0 saturated heterocycles. The number of aromatic nitrogens is 1. The van der Waals surface area contributed by atoms with Crippen LogP contribution in [0, 0.1) is 0 Å². The first-order valence-corrected chi connectivity index (χ1v) is 10.6. The summed E-state index contributed by atoms with van der Waals surface area (Å²) in [7, 11) is 1.68. The topological polar surface area (TPSA) is 47.0 Å². The Balaban J connectivity index is 2.06. The van der Waals surface area contributed by atoms with Crippen molar-refractivity contribution in [3.8, 4) is 0 Å². The highest BCUT2D eigenvalue weighted by Crippen LogP contribution is 2.32. The minimum Gasteiger partial charge on any atom is -0.230 e. The van der Waals surface area contributed by atoms with Crippen LogP contribution in [0.15, 0.2) is 27.4 Å². The van der Waals surface area contributed by atoms with E-state index >= 15 is 0 Å². The van der Waals surface area contributed by atoms with Crippen molar-refractivity contribution < 1.29 is 8.42 Å². The van der Waals surface area contributed by atoms with Gasteiger partial charge in [-0.15, -0.1) is 11.3 Å². The van der Waals surface area contributed by atoms with Crippen LogP contribution in [0.25, 0.3) is 10.2 Å². The molecule has 0 saturated carbocycles. The predicted octanol–water partition coefficient (Wildman–Crippen LogP) is 4.90. The van der Waals surface area contributed by atoms with Crippen molar-refractivity contribution in [3.05, 3.63) is 18.2 Å². The Morgan fingerprint density at radius 2 is 2.10 bits per heavy atom. The fourth-order valence-corrected chi connectivity index (χ4v) is 4.81. The lowest BCUT2D eigenvalue weighted by atomic mass is 10.2. The Labute approximate surface area is 132 Å². The van der Waals surface area contributed by atoms with Crippen molar-refractivity contribution in [3.63, 3.8) is 0 Å². The number of hydrogen-bond acceptors (Lipinski definition) is 5. The summed E-state index contributed by atoms with van der Waals surface area (Å²) in [5.74, 6) is 1.06. The van der Waals surface area contributed by atoms with Crippen LogP contribution in [0.1, 0.15) is 32.6 Å². The van der Waals surface area contributed by atoms with Gasteiger partial charge in [-0.2, -0.15) is 0 Å². The lowest BCUT2D eigenvalue weighted by Crippen LogP contribution is -1.88. The summed E-state index contributed by atoms with van der Waals surface area (Å²) in [5, 5.41) is 0. The monoisotopic (exact) mass is 349 g/mol. The number of halogens is 1. The molecule has 2 aromatic rings. The van der Waals surface area contributed by atoms with Crippen LogP contribution in [0.4, 0.5) is 0 Å². The average Bonchev–Trinajstić information content (AvgIpc) is 2.79. The molecule has 2 rings (SSSR count). The molecule has 0 amide bonds. The highest BCUT2D eigenvalue weighted by Gasteiger charge is 2.12. The third-order valence-corrected chi connectivity index (χ3v) is 6.44. The van der Waals surface area contributed by atoms with E-state index in [0.29, 0.717) is 0 Å². The van der Waals surface area contributed by atoms with Crippen LogP contribution in [-0.2, 0) is 9.05 Å². The summed E-state index contributed by atoms with van der Waals surface area (Å²) < 4.78 is 24.5. The zero-order chi connectivity index (χ0) is 14.6. The predicted molar refractivity (Wildman–Crippen MR) is 87.5 cm³/mol. The molecule has 0 unspecified atom stereocenters. The highest BCUT2D eigenvalue weighted by molar-refractivity contribution is 8.13. The SMILES string of the molecule is CCCCCCSc1nc2ccc(S(=O)(=O)Cl)cc2s1. The number of nitrogens with zero attached hydrogens (tertiary/aromatic N) is 1. The Hall–Kier alpha value is -0.300. The lowest BCUT2D eigenvalue weighted by Gasteiger charge is -1.96. The molecule has 0 spiro atoms. The molecule has 0 radical (unpaired) electrons. The van der Waals surface area contributed by atoms with Crippen LogP contribution in [-0.4, -0.2) is 19.2 Å². The molecule has 20 heavy (non-hydrogen) atoms. The molecule has 1 aromatic heterocycles. The van der Waals surface area contributed by atoms with E-state index in [9.17, 15) is 8.42 Å². The van der Waals surface area contributed by atoms with Crippen molar-refractivity contribution in [2.24, 2.45) is 0 Å². The van der Waals surface area contributed by atoms with Crippen LogP contribution in [0.2, 0.25) is 0 Å². The van der Waals surface area contributed by atoms with E-state index < -0.39 is 9.05 Å². The molecule has 3 nitrogen and oxygen atoms in total. The normalized spacial score (nSPS) is 12.1. The molecule has 0 fully saturated rings. The number of hydrogen-bond donors (Lipinski definition) is 0. The number of fused-ring (bicyclic) bond motifs is 1. The Bertz CT molecular complexity index is 682. The van der Waals surface area contributed by atoms with Crippen LogP contribution in [0.3, 0.4) is 0 Å². The molecule has 0 N–H and O–H groups in total. The van der Waals surface area contributed by atoms with Gasteiger partial charge in [0.05, 0.1) is 15.1 Å². The molecule has 1 aromatic carbocycles. The third-order valence-electron chi connectivity index (χ3n) is 2.85. The maximum Gasteiger partial charge on any atom is 0.261 e. The van der Waals surface area contributed by atoms with Gasteiger partial charge in [0.15, 0.2) is 4.34 Å². The number of rotatable bonds is 7. The first-order chi connectivity index (χ1) is 9.50. The third kappa shape index (κ3) is 4.35. The molecule has 7 heteroatoms. The molecule has 0 aliphatic heterocycles. The summed E-state index contributed by atoms with van der Waals surface area (Å²) in [6.07, 6.45) is 4.96. The Morgan fingerprint density at radius 1 is 1.30 bits per heavy atom. The lowest BCUT2D eigenvalue weighted by molar-refractivity contribution is 0.609. The van der Waals surface area contributed by atoms with Gasteiger partial charge in [-0.1, -0.05) is 37.9 Å². The van der Waals surface area contributed by atoms with Gasteiger partial charge in [-0.05, 0) is 24.6 Å². The molecule has 0 aliphatic rings. The van der Waals surface area contributed by atoms with Gasteiger partial charge in [-0.25, -0.2) is 13.4 Å². The van der Waals surface area contributed by atoms with E-state index in [0.717, 1.165) is 20.3 Å². The van der Waals surface area contributed by atoms with Crippen LogP contribution < -0.4 is 0 Å². The summed E-state index contributed by atoms with van der Waals surface area (Å²) >= 11 is 3.26. The minimum atomic E-state index is -3.67. The molecular weight excluding hydrogens is 334 g/mol. The van der Waals surface area contributed by atoms with Gasteiger partial charge in [0, 0.05) is 16.4 Å². The second kappa shape index (κ2) is 7.11. The Morgan fingerprint density at radius 3 is 2.80 bits per heavy atom. The van der Waals surface area contributed by atoms with E-state index in [-0.39, 0.29) is 4.90 Å². The van der Waals surface area contributed by atoms with E-state index in [4.69, 9.17) is 10.7 Å². The summed E-state index contributed by atoms with van der Waals surface area (Å²) in [6, 6.07) is 4.80. The summed E-state index contributed by atoms with van der Waals surface area (Å²) in [6.45, 7) is 2.20. The molecule has 1 heterocycles. The first kappa shape index (κ1) is 16.1. The van der Waals surface area contributed by atoms with Crippen molar-refractivity contribution in [2.45, 2.75) is 41.8 Å². The quantitative estimate of drug-likeness (QED) is 0.405. The molecule has 0 aliphatic carbocycles. The number of unbranched alkanes of at least 4 members (excludes halogenated alkanes) is 3. The number of benzene rings is 1. The van der Waals surface area contributed by atoms with Gasteiger partial charge in [-0.3, -0.25) is 0 Å². The van der Waals surface area contributed by atoms with Crippen LogP contribution >= 0.6 is 33.8 Å². The van der Waals surface area contributed by atoms with E-state index in [1.165, 1.54) is 43.1 Å². The summed E-state index contributed by atoms with van der Waals surface area (Å²) in [5.41, 5.74) is 0.829. The second-order valence-electron chi connectivity index (χ2n) is 4.46. The fourth-order valence-electron chi connectivity index (χ4n) is 1.79. The van der Waals surface area contributed by atoms with Crippen molar-refractivity contribution in [2.75, 3.05) is 5.75 Å². The maximum atomic E-state index is 11.3. The minimum absolute atomic E-state index is 0.134. The van der Waals surface area contributed by atoms with Crippen molar-refractivity contribution in [1.29, 1.82) is 0 Å². The number of thiazole rings is 1. The van der Waals surface area contributed by atoms with E-state index in [1.807, 2.05) is 0 Å². The van der Waals surface area contributed by atoms with Gasteiger partial charge >= 0.3 is 0 Å². The van der Waals surface area contributed by atoms with Crippen LogP contribution in [0.5, 0.6) is 0 Å². The molecule has 110 valence electrons. The number of thioether (sulfide) groups is 1. The zero-order valence-corrected chi connectivity index (χ0v) is 14.3. The molecular formula is C13H16ClNO2S3. The maximum absolute atomic E-state index is 11.3. The van der Waals surface area contributed by atoms with Gasteiger partial charge in [0.2, 0.25) is 0 Å². The van der Waals surface area contributed by atoms with Gasteiger partial charge in [0.1, 0.15) is 0 Å². The zero-order valence-electron chi connectivity index (χ0n) is 11.1. The fraction of sp³-hybridized carbons (Fsp3) is 0.462. The first-order valence-electron chi connectivity index (χ1n) is 6.49. The van der Waals surface area contributed by atoms with E-state index in [2.05, 4.69) is 11.9 Å². The van der Waals surface area contributed by atoms with Crippen molar-refractivity contribution in [1.82, 2.24) is 4.98 Å². The molecule has 0 bridgehead atoms.